The fourth-order valence-corrected chi connectivity index (χ4v) is 1.85. The van der Waals surface area contributed by atoms with Crippen molar-refractivity contribution >= 4 is 22.6 Å². The summed E-state index contributed by atoms with van der Waals surface area (Å²) in [4.78, 5) is 23.3. The number of nitrogens with one attached hydrogen (secondary N) is 1. The predicted molar refractivity (Wildman–Crippen MR) is 75.2 cm³/mol. The van der Waals surface area contributed by atoms with Crippen LogP contribution in [0.2, 0.25) is 0 Å². The van der Waals surface area contributed by atoms with E-state index in [1.54, 1.807) is 12.1 Å². The molecule has 0 aliphatic heterocycles. The van der Waals surface area contributed by atoms with Gasteiger partial charge in [-0.3, -0.25) is 4.79 Å². The Kier molecular flexibility index (Phi) is 4.00. The molecule has 0 aliphatic carbocycles. The minimum atomic E-state index is -0.460. The summed E-state index contributed by atoms with van der Waals surface area (Å²) < 4.78 is 5.08. The number of rotatable bonds is 4. The van der Waals surface area contributed by atoms with Crippen LogP contribution in [0.1, 0.15) is 26.7 Å². The molecule has 0 spiro atoms. The Morgan fingerprint density at radius 2 is 2.05 bits per heavy atom. The summed E-state index contributed by atoms with van der Waals surface area (Å²) in [5.41, 5.74) is 0.535. The summed E-state index contributed by atoms with van der Waals surface area (Å²) in [7, 11) is 0. The number of hydrogen-bond donors (Lipinski definition) is 1. The Morgan fingerprint density at radius 1 is 1.32 bits per heavy atom. The van der Waals surface area contributed by atoms with E-state index in [-0.39, 0.29) is 5.91 Å². The van der Waals surface area contributed by atoms with Crippen LogP contribution in [0.5, 0.6) is 0 Å². The second-order valence-corrected chi connectivity index (χ2v) is 4.96. The molecule has 19 heavy (non-hydrogen) atoms. The van der Waals surface area contributed by atoms with Crippen LogP contribution in [0.25, 0.3) is 11.0 Å². The largest absolute Gasteiger partial charge is 0.423 e. The van der Waals surface area contributed by atoms with E-state index in [1.165, 1.54) is 6.07 Å². The topological polar surface area (TPSA) is 59.3 Å². The Labute approximate surface area is 111 Å². The lowest BCUT2D eigenvalue weighted by Gasteiger charge is -2.08. The van der Waals surface area contributed by atoms with E-state index in [2.05, 4.69) is 19.2 Å². The van der Waals surface area contributed by atoms with Crippen molar-refractivity contribution in [2.75, 3.05) is 5.32 Å². The molecule has 0 radical (unpaired) electrons. The highest BCUT2D eigenvalue weighted by molar-refractivity contribution is 6.00. The molecule has 1 N–H and O–H groups in total. The number of hydrogen-bond acceptors (Lipinski definition) is 3. The van der Waals surface area contributed by atoms with E-state index in [0.29, 0.717) is 23.6 Å². The third-order valence-corrected chi connectivity index (χ3v) is 2.87. The number of benzene rings is 1. The van der Waals surface area contributed by atoms with Gasteiger partial charge in [-0.05, 0) is 24.5 Å². The van der Waals surface area contributed by atoms with Gasteiger partial charge in [-0.1, -0.05) is 26.0 Å². The highest BCUT2D eigenvalue weighted by Gasteiger charge is 2.09. The molecule has 0 fully saturated rings. The van der Waals surface area contributed by atoms with Gasteiger partial charge in [0.25, 0.3) is 0 Å². The SMILES string of the molecule is CC(C)CCC(=O)Nc1cc(=O)oc2ccccc12. The van der Waals surface area contributed by atoms with E-state index in [9.17, 15) is 9.59 Å². The van der Waals surface area contributed by atoms with Gasteiger partial charge in [-0.15, -0.1) is 0 Å². The molecular weight excluding hydrogens is 242 g/mol. The summed E-state index contributed by atoms with van der Waals surface area (Å²) in [6.45, 7) is 4.14. The lowest BCUT2D eigenvalue weighted by atomic mass is 10.1. The Bertz CT molecular complexity index is 643. The number of carbonyl (C=O) groups is 1. The highest BCUT2D eigenvalue weighted by atomic mass is 16.4. The van der Waals surface area contributed by atoms with Crippen molar-refractivity contribution in [2.45, 2.75) is 26.7 Å². The number of fused-ring (bicyclic) bond motifs is 1. The van der Waals surface area contributed by atoms with Crippen molar-refractivity contribution in [2.24, 2.45) is 5.92 Å². The van der Waals surface area contributed by atoms with Crippen molar-refractivity contribution in [3.63, 3.8) is 0 Å². The zero-order valence-electron chi connectivity index (χ0n) is 11.1. The molecule has 0 unspecified atom stereocenters. The van der Waals surface area contributed by atoms with E-state index >= 15 is 0 Å². The smallest absolute Gasteiger partial charge is 0.338 e. The Morgan fingerprint density at radius 3 is 2.79 bits per heavy atom. The summed E-state index contributed by atoms with van der Waals surface area (Å²) in [6.07, 6.45) is 1.28. The van der Waals surface area contributed by atoms with E-state index < -0.39 is 5.63 Å². The normalized spacial score (nSPS) is 10.9. The number of carbonyl (C=O) groups excluding carboxylic acids is 1. The first kappa shape index (κ1) is 13.3. The van der Waals surface area contributed by atoms with Crippen LogP contribution >= 0.6 is 0 Å². The average Bonchev–Trinajstić information content (AvgIpc) is 2.36. The van der Waals surface area contributed by atoms with Gasteiger partial charge in [0.15, 0.2) is 0 Å². The first-order valence-electron chi connectivity index (χ1n) is 6.39. The maximum atomic E-state index is 11.8. The summed E-state index contributed by atoms with van der Waals surface area (Å²) in [6, 6.07) is 8.47. The number of anilines is 1. The zero-order chi connectivity index (χ0) is 13.8. The quantitative estimate of drug-likeness (QED) is 0.858. The molecule has 0 atom stereocenters. The van der Waals surface area contributed by atoms with E-state index in [4.69, 9.17) is 4.42 Å². The molecule has 4 nitrogen and oxygen atoms in total. The minimum absolute atomic E-state index is 0.0792. The predicted octanol–water partition coefficient (Wildman–Crippen LogP) is 3.17. The third kappa shape index (κ3) is 3.44. The monoisotopic (exact) mass is 259 g/mol. The van der Waals surface area contributed by atoms with Crippen molar-refractivity contribution < 1.29 is 9.21 Å². The number of amides is 1. The van der Waals surface area contributed by atoms with Crippen molar-refractivity contribution in [1.29, 1.82) is 0 Å². The molecule has 1 aromatic heterocycles. The van der Waals surface area contributed by atoms with E-state index in [1.807, 2.05) is 12.1 Å². The molecule has 4 heteroatoms. The Balaban J connectivity index is 2.25. The molecule has 0 saturated heterocycles. The molecular formula is C15H17NO3. The van der Waals surface area contributed by atoms with Crippen LogP contribution in [0.15, 0.2) is 39.5 Å². The molecule has 1 amide bonds. The maximum Gasteiger partial charge on any atom is 0.338 e. The summed E-state index contributed by atoms with van der Waals surface area (Å²) in [5.74, 6) is 0.396. The van der Waals surface area contributed by atoms with Gasteiger partial charge in [0, 0.05) is 17.9 Å². The van der Waals surface area contributed by atoms with Crippen LogP contribution < -0.4 is 10.9 Å². The Hall–Kier alpha value is -2.10. The van der Waals surface area contributed by atoms with Crippen LogP contribution in [0.4, 0.5) is 5.69 Å². The summed E-state index contributed by atoms with van der Waals surface area (Å²) >= 11 is 0. The molecule has 100 valence electrons. The van der Waals surface area contributed by atoms with Crippen LogP contribution in [0.3, 0.4) is 0 Å². The second kappa shape index (κ2) is 5.69. The van der Waals surface area contributed by atoms with Gasteiger partial charge in [-0.25, -0.2) is 4.79 Å². The van der Waals surface area contributed by atoms with Gasteiger partial charge in [0.2, 0.25) is 5.91 Å². The van der Waals surface area contributed by atoms with Crippen molar-refractivity contribution in [3.8, 4) is 0 Å². The van der Waals surface area contributed by atoms with Crippen molar-refractivity contribution in [1.82, 2.24) is 0 Å². The molecule has 0 bridgehead atoms. The molecule has 2 aromatic rings. The fourth-order valence-electron chi connectivity index (χ4n) is 1.85. The first-order valence-corrected chi connectivity index (χ1v) is 6.39. The lowest BCUT2D eigenvalue weighted by Crippen LogP contribution is -2.14. The average molecular weight is 259 g/mol. The summed E-state index contributed by atoms with van der Waals surface area (Å²) in [5, 5.41) is 3.52. The van der Waals surface area contributed by atoms with Crippen molar-refractivity contribution in [3.05, 3.63) is 40.8 Å². The molecule has 0 aliphatic rings. The highest BCUT2D eigenvalue weighted by Crippen LogP contribution is 2.21. The molecule has 1 aromatic carbocycles. The fraction of sp³-hybridized carbons (Fsp3) is 0.333. The van der Waals surface area contributed by atoms with Gasteiger partial charge in [0.05, 0.1) is 5.69 Å². The van der Waals surface area contributed by atoms with Gasteiger partial charge >= 0.3 is 5.63 Å². The van der Waals surface area contributed by atoms with Crippen LogP contribution in [0, 0.1) is 5.92 Å². The standard InChI is InChI=1S/C15H17NO3/c1-10(2)7-8-14(17)16-12-9-15(18)19-13-6-4-3-5-11(12)13/h3-6,9-10H,7-8H2,1-2H3,(H,16,17). The molecule has 2 rings (SSSR count). The van der Waals surface area contributed by atoms with Crippen LogP contribution in [-0.2, 0) is 4.79 Å². The third-order valence-electron chi connectivity index (χ3n) is 2.87. The molecule has 0 saturated carbocycles. The van der Waals surface area contributed by atoms with E-state index in [0.717, 1.165) is 11.8 Å². The first-order chi connectivity index (χ1) is 9.06. The van der Waals surface area contributed by atoms with Crippen LogP contribution in [-0.4, -0.2) is 5.91 Å². The van der Waals surface area contributed by atoms with Gasteiger partial charge in [0.1, 0.15) is 5.58 Å². The minimum Gasteiger partial charge on any atom is -0.423 e. The van der Waals surface area contributed by atoms with Gasteiger partial charge in [-0.2, -0.15) is 0 Å². The zero-order valence-corrected chi connectivity index (χ0v) is 11.1. The number of para-hydroxylation sites is 1. The second-order valence-electron chi connectivity index (χ2n) is 4.96. The molecule has 1 heterocycles. The lowest BCUT2D eigenvalue weighted by molar-refractivity contribution is -0.116. The maximum absolute atomic E-state index is 11.8. The van der Waals surface area contributed by atoms with Gasteiger partial charge < -0.3 is 9.73 Å².